The summed E-state index contributed by atoms with van der Waals surface area (Å²) in [6.07, 6.45) is 1.40. The molecule has 0 spiro atoms. The molecule has 6 heteroatoms. The van der Waals surface area contributed by atoms with E-state index in [0.717, 1.165) is 12.1 Å². The lowest BCUT2D eigenvalue weighted by molar-refractivity contribution is 0.384. The standard InChI is InChI=1S/C19H23FN2O2S/c20-18-8-10-19(11-9-18)21-12-14-22(15-13-21)25(23,24)16-4-7-17-5-2-1-3-6-17/h1-3,5-6,8-11H,4,7,12-16H2. The zero-order chi connectivity index (χ0) is 17.7. The number of piperazine rings is 1. The van der Waals surface area contributed by atoms with Crippen LogP contribution in [0.3, 0.4) is 0 Å². The van der Waals surface area contributed by atoms with Crippen molar-refractivity contribution in [2.75, 3.05) is 36.8 Å². The van der Waals surface area contributed by atoms with Crippen LogP contribution in [0.1, 0.15) is 12.0 Å². The second-order valence-electron chi connectivity index (χ2n) is 6.27. The summed E-state index contributed by atoms with van der Waals surface area (Å²) in [4.78, 5) is 2.09. The Labute approximate surface area is 148 Å². The molecule has 0 N–H and O–H groups in total. The Morgan fingerprint density at radius 1 is 0.880 bits per heavy atom. The molecule has 0 aromatic heterocycles. The van der Waals surface area contributed by atoms with Crippen molar-refractivity contribution in [3.05, 3.63) is 66.0 Å². The Hall–Kier alpha value is -1.92. The Kier molecular flexibility index (Phi) is 5.71. The Morgan fingerprint density at radius 2 is 1.52 bits per heavy atom. The van der Waals surface area contributed by atoms with Crippen LogP contribution < -0.4 is 4.90 Å². The Bertz CT molecular complexity index is 771. The number of sulfonamides is 1. The number of nitrogens with zero attached hydrogens (tertiary/aromatic N) is 2. The molecule has 1 aliphatic heterocycles. The Balaban J connectivity index is 1.50. The zero-order valence-corrected chi connectivity index (χ0v) is 15.0. The van der Waals surface area contributed by atoms with Gasteiger partial charge in [-0.2, -0.15) is 4.31 Å². The van der Waals surface area contributed by atoms with Gasteiger partial charge in [-0.15, -0.1) is 0 Å². The molecule has 134 valence electrons. The molecule has 2 aromatic rings. The molecule has 1 fully saturated rings. The van der Waals surface area contributed by atoms with Crippen LogP contribution in [0, 0.1) is 5.82 Å². The fourth-order valence-corrected chi connectivity index (χ4v) is 4.60. The number of halogens is 1. The van der Waals surface area contributed by atoms with Crippen LogP contribution in [0.4, 0.5) is 10.1 Å². The molecule has 25 heavy (non-hydrogen) atoms. The average Bonchev–Trinajstić information content (AvgIpc) is 2.63. The summed E-state index contributed by atoms with van der Waals surface area (Å²) in [5, 5.41) is 0. The van der Waals surface area contributed by atoms with Gasteiger partial charge in [0.1, 0.15) is 5.82 Å². The van der Waals surface area contributed by atoms with Gasteiger partial charge in [-0.3, -0.25) is 0 Å². The third-order valence-corrected chi connectivity index (χ3v) is 6.49. The normalized spacial score (nSPS) is 16.1. The number of aryl methyl sites for hydroxylation is 1. The van der Waals surface area contributed by atoms with Crippen LogP contribution >= 0.6 is 0 Å². The number of hydrogen-bond acceptors (Lipinski definition) is 3. The van der Waals surface area contributed by atoms with Crippen LogP contribution in [-0.4, -0.2) is 44.7 Å². The minimum Gasteiger partial charge on any atom is -0.369 e. The highest BCUT2D eigenvalue weighted by atomic mass is 32.2. The molecule has 1 aliphatic rings. The molecule has 4 nitrogen and oxygen atoms in total. The van der Waals surface area contributed by atoms with Gasteiger partial charge in [0.25, 0.3) is 0 Å². The summed E-state index contributed by atoms with van der Waals surface area (Å²) in [5.41, 5.74) is 2.10. The zero-order valence-electron chi connectivity index (χ0n) is 14.1. The molecule has 0 saturated carbocycles. The summed E-state index contributed by atoms with van der Waals surface area (Å²) >= 11 is 0. The smallest absolute Gasteiger partial charge is 0.214 e. The van der Waals surface area contributed by atoms with Crippen LogP contribution in [0.2, 0.25) is 0 Å². The summed E-state index contributed by atoms with van der Waals surface area (Å²) < 4.78 is 39.6. The second-order valence-corrected chi connectivity index (χ2v) is 8.36. The maximum absolute atomic E-state index is 13.0. The van der Waals surface area contributed by atoms with Gasteiger partial charge in [0.15, 0.2) is 0 Å². The number of benzene rings is 2. The Morgan fingerprint density at radius 3 is 2.16 bits per heavy atom. The number of hydrogen-bond donors (Lipinski definition) is 0. The van der Waals surface area contributed by atoms with Crippen LogP contribution in [-0.2, 0) is 16.4 Å². The van der Waals surface area contributed by atoms with E-state index in [2.05, 4.69) is 4.90 Å². The summed E-state index contributed by atoms with van der Waals surface area (Å²) in [6.45, 7) is 2.21. The first-order chi connectivity index (χ1) is 12.0. The van der Waals surface area contributed by atoms with Crippen molar-refractivity contribution in [1.29, 1.82) is 0 Å². The minimum absolute atomic E-state index is 0.179. The second kappa shape index (κ2) is 7.97. The highest BCUT2D eigenvalue weighted by molar-refractivity contribution is 7.89. The van der Waals surface area contributed by atoms with E-state index in [0.29, 0.717) is 32.6 Å². The molecular formula is C19H23FN2O2S. The van der Waals surface area contributed by atoms with Crippen LogP contribution in [0.15, 0.2) is 54.6 Å². The van der Waals surface area contributed by atoms with Crippen LogP contribution in [0.5, 0.6) is 0 Å². The van der Waals surface area contributed by atoms with Gasteiger partial charge >= 0.3 is 0 Å². The van der Waals surface area contributed by atoms with Gasteiger partial charge in [-0.25, -0.2) is 12.8 Å². The predicted octanol–water partition coefficient (Wildman–Crippen LogP) is 2.91. The maximum Gasteiger partial charge on any atom is 0.214 e. The quantitative estimate of drug-likeness (QED) is 0.793. The van der Waals surface area contributed by atoms with E-state index in [-0.39, 0.29) is 11.6 Å². The van der Waals surface area contributed by atoms with E-state index < -0.39 is 10.0 Å². The molecular weight excluding hydrogens is 339 g/mol. The van der Waals surface area contributed by atoms with Crippen molar-refractivity contribution in [3.63, 3.8) is 0 Å². The molecule has 1 saturated heterocycles. The first-order valence-electron chi connectivity index (χ1n) is 8.57. The van der Waals surface area contributed by atoms with Gasteiger partial charge in [0.05, 0.1) is 5.75 Å². The maximum atomic E-state index is 13.0. The molecule has 0 bridgehead atoms. The van der Waals surface area contributed by atoms with E-state index in [9.17, 15) is 12.8 Å². The van der Waals surface area contributed by atoms with Gasteiger partial charge < -0.3 is 4.90 Å². The summed E-state index contributed by atoms with van der Waals surface area (Å²) in [6, 6.07) is 16.3. The third kappa shape index (κ3) is 4.80. The van der Waals surface area contributed by atoms with Crippen molar-refractivity contribution in [2.24, 2.45) is 0 Å². The van der Waals surface area contributed by atoms with Crippen molar-refractivity contribution < 1.29 is 12.8 Å². The molecule has 0 amide bonds. The first-order valence-corrected chi connectivity index (χ1v) is 10.2. The number of rotatable bonds is 6. The molecule has 0 radical (unpaired) electrons. The fourth-order valence-electron chi connectivity index (χ4n) is 3.11. The van der Waals surface area contributed by atoms with Crippen molar-refractivity contribution in [1.82, 2.24) is 4.31 Å². The van der Waals surface area contributed by atoms with E-state index in [1.165, 1.54) is 17.7 Å². The summed E-state index contributed by atoms with van der Waals surface area (Å²) in [5.74, 6) is -0.0817. The fraction of sp³-hybridized carbons (Fsp3) is 0.368. The lowest BCUT2D eigenvalue weighted by Crippen LogP contribution is -2.49. The van der Waals surface area contributed by atoms with E-state index in [1.54, 1.807) is 16.4 Å². The first kappa shape index (κ1) is 17.9. The topological polar surface area (TPSA) is 40.6 Å². The molecule has 0 aliphatic carbocycles. The van der Waals surface area contributed by atoms with Crippen molar-refractivity contribution in [3.8, 4) is 0 Å². The van der Waals surface area contributed by atoms with Gasteiger partial charge in [0.2, 0.25) is 10.0 Å². The highest BCUT2D eigenvalue weighted by Gasteiger charge is 2.26. The van der Waals surface area contributed by atoms with E-state index >= 15 is 0 Å². The SMILES string of the molecule is O=S(=O)(CCCc1ccccc1)N1CCN(c2ccc(F)cc2)CC1. The monoisotopic (exact) mass is 362 g/mol. The minimum atomic E-state index is -3.22. The number of anilines is 1. The van der Waals surface area contributed by atoms with Crippen LogP contribution in [0.25, 0.3) is 0 Å². The van der Waals surface area contributed by atoms with Crippen molar-refractivity contribution >= 4 is 15.7 Å². The lowest BCUT2D eigenvalue weighted by atomic mass is 10.1. The predicted molar refractivity (Wildman–Crippen MR) is 98.7 cm³/mol. The van der Waals surface area contributed by atoms with E-state index in [1.807, 2.05) is 30.3 Å². The van der Waals surface area contributed by atoms with Gasteiger partial charge in [-0.1, -0.05) is 30.3 Å². The third-order valence-electron chi connectivity index (χ3n) is 4.53. The molecule has 2 aromatic carbocycles. The summed E-state index contributed by atoms with van der Waals surface area (Å²) in [7, 11) is -3.22. The van der Waals surface area contributed by atoms with Gasteiger partial charge in [0, 0.05) is 31.9 Å². The molecule has 0 atom stereocenters. The van der Waals surface area contributed by atoms with Crippen molar-refractivity contribution in [2.45, 2.75) is 12.8 Å². The molecule has 0 unspecified atom stereocenters. The van der Waals surface area contributed by atoms with E-state index in [4.69, 9.17) is 0 Å². The average molecular weight is 362 g/mol. The molecule has 1 heterocycles. The highest BCUT2D eigenvalue weighted by Crippen LogP contribution is 2.18. The molecule has 3 rings (SSSR count). The lowest BCUT2D eigenvalue weighted by Gasteiger charge is -2.35. The van der Waals surface area contributed by atoms with Gasteiger partial charge in [-0.05, 0) is 42.7 Å². The largest absolute Gasteiger partial charge is 0.369 e.